The van der Waals surface area contributed by atoms with Crippen molar-refractivity contribution in [3.05, 3.63) is 0 Å². The number of carbonyl (C=O) groups excluding carboxylic acids is 2. The smallest absolute Gasteiger partial charge is 0.322 e. The summed E-state index contributed by atoms with van der Waals surface area (Å²) in [6, 6.07) is 0.0150. The summed E-state index contributed by atoms with van der Waals surface area (Å²) < 4.78 is 4.68. The summed E-state index contributed by atoms with van der Waals surface area (Å²) in [6.07, 6.45) is 3.00. The van der Waals surface area contributed by atoms with Crippen LogP contribution in [0.1, 0.15) is 25.7 Å². The maximum Gasteiger partial charge on any atom is 0.322 e. The average Bonchev–Trinajstić information content (AvgIpc) is 2.59. The summed E-state index contributed by atoms with van der Waals surface area (Å²) in [5.41, 5.74) is 0. The van der Waals surface area contributed by atoms with E-state index in [9.17, 15) is 9.59 Å². The van der Waals surface area contributed by atoms with Crippen molar-refractivity contribution in [2.75, 3.05) is 7.11 Å². The van der Waals surface area contributed by atoms with Crippen LogP contribution in [0.5, 0.6) is 0 Å². The molecule has 0 bridgehead atoms. The molecule has 0 aromatic heterocycles. The zero-order valence-corrected chi connectivity index (χ0v) is 8.29. The second-order valence-corrected chi connectivity index (χ2v) is 4.13. The summed E-state index contributed by atoms with van der Waals surface area (Å²) in [6.45, 7) is 0. The second-order valence-electron chi connectivity index (χ2n) is 4.13. The number of nitrogens with one attached hydrogen (secondary N) is 1. The Bertz CT molecular complexity index is 264. The molecule has 2 rings (SSSR count). The fraction of sp³-hybridized carbons (Fsp3) is 0.800. The molecule has 1 saturated heterocycles. The van der Waals surface area contributed by atoms with Crippen LogP contribution in [0, 0.1) is 5.92 Å². The highest BCUT2D eigenvalue weighted by Gasteiger charge is 2.40. The molecule has 1 N–H and O–H groups in total. The lowest BCUT2D eigenvalue weighted by Gasteiger charge is -2.23. The third kappa shape index (κ3) is 1.66. The Morgan fingerprint density at radius 1 is 1.57 bits per heavy atom. The van der Waals surface area contributed by atoms with Gasteiger partial charge in [-0.15, -0.1) is 0 Å². The van der Waals surface area contributed by atoms with E-state index in [-0.39, 0.29) is 18.1 Å². The molecule has 0 radical (unpaired) electrons. The highest BCUT2D eigenvalue weighted by Crippen LogP contribution is 2.31. The number of ketones is 1. The molecule has 3 atom stereocenters. The Morgan fingerprint density at radius 2 is 2.36 bits per heavy atom. The molecule has 4 nitrogen and oxygen atoms in total. The first-order valence-electron chi connectivity index (χ1n) is 5.06. The molecule has 1 aliphatic carbocycles. The minimum Gasteiger partial charge on any atom is -0.468 e. The van der Waals surface area contributed by atoms with Gasteiger partial charge in [-0.1, -0.05) is 0 Å². The minimum absolute atomic E-state index is 0.194. The van der Waals surface area contributed by atoms with E-state index < -0.39 is 0 Å². The van der Waals surface area contributed by atoms with Gasteiger partial charge in [0.25, 0.3) is 0 Å². The summed E-state index contributed by atoms with van der Waals surface area (Å²) in [7, 11) is 1.40. The first-order valence-corrected chi connectivity index (χ1v) is 5.06. The van der Waals surface area contributed by atoms with Crippen molar-refractivity contribution in [3.8, 4) is 0 Å². The number of esters is 1. The van der Waals surface area contributed by atoms with Crippen LogP contribution >= 0.6 is 0 Å². The lowest BCUT2D eigenvalue weighted by molar-refractivity contribution is -0.142. The molecule has 2 aliphatic rings. The molecule has 0 spiro atoms. The maximum atomic E-state index is 11.3. The molecule has 1 heterocycles. The van der Waals surface area contributed by atoms with Gasteiger partial charge >= 0.3 is 5.97 Å². The van der Waals surface area contributed by atoms with Gasteiger partial charge in [0.15, 0.2) is 0 Å². The van der Waals surface area contributed by atoms with Gasteiger partial charge in [0.05, 0.1) is 7.11 Å². The minimum atomic E-state index is -0.202. The summed E-state index contributed by atoms with van der Waals surface area (Å²) in [4.78, 5) is 22.5. The Balaban J connectivity index is 1.98. The third-order valence-corrected chi connectivity index (χ3v) is 3.25. The van der Waals surface area contributed by atoms with E-state index in [2.05, 4.69) is 10.1 Å². The SMILES string of the molecule is COC(=O)[C@@H]1C[C@H]2CCC(=O)C[C@H]2N1. The Labute approximate surface area is 83.0 Å². The lowest BCUT2D eigenvalue weighted by Crippen LogP contribution is -2.39. The molecule has 2 fully saturated rings. The highest BCUT2D eigenvalue weighted by molar-refractivity contribution is 5.81. The Kier molecular flexibility index (Phi) is 2.54. The van der Waals surface area contributed by atoms with Crippen LogP contribution in [0.25, 0.3) is 0 Å². The van der Waals surface area contributed by atoms with Crippen LogP contribution < -0.4 is 5.32 Å². The van der Waals surface area contributed by atoms with Gasteiger partial charge in [-0.2, -0.15) is 0 Å². The van der Waals surface area contributed by atoms with Crippen LogP contribution in [0.15, 0.2) is 0 Å². The van der Waals surface area contributed by atoms with Gasteiger partial charge in [-0.05, 0) is 18.8 Å². The van der Waals surface area contributed by atoms with Crippen molar-refractivity contribution >= 4 is 11.8 Å². The second kappa shape index (κ2) is 3.69. The number of rotatable bonds is 1. The first-order chi connectivity index (χ1) is 6.70. The lowest BCUT2D eigenvalue weighted by atomic mass is 9.84. The number of fused-ring (bicyclic) bond motifs is 1. The highest BCUT2D eigenvalue weighted by atomic mass is 16.5. The molecule has 1 saturated carbocycles. The number of hydrogen-bond donors (Lipinski definition) is 1. The zero-order chi connectivity index (χ0) is 10.1. The summed E-state index contributed by atoms with van der Waals surface area (Å²) in [5.74, 6) is 0.591. The molecule has 14 heavy (non-hydrogen) atoms. The van der Waals surface area contributed by atoms with Crippen LogP contribution in [0.4, 0.5) is 0 Å². The van der Waals surface area contributed by atoms with Crippen molar-refractivity contribution in [2.24, 2.45) is 5.92 Å². The topological polar surface area (TPSA) is 55.4 Å². The van der Waals surface area contributed by atoms with Crippen LogP contribution in [-0.4, -0.2) is 30.9 Å². The maximum absolute atomic E-state index is 11.3. The van der Waals surface area contributed by atoms with E-state index in [1.54, 1.807) is 0 Å². The van der Waals surface area contributed by atoms with Crippen molar-refractivity contribution in [1.29, 1.82) is 0 Å². The normalized spacial score (nSPS) is 36.6. The standard InChI is InChI=1S/C10H15NO3/c1-14-10(13)9-4-6-2-3-7(12)5-8(6)11-9/h6,8-9,11H,2-5H2,1H3/t6-,8-,9+/m1/s1. The number of Topliss-reactive ketones (excluding diaryl/α,β-unsaturated/α-hetero) is 1. The fourth-order valence-electron chi connectivity index (χ4n) is 2.47. The summed E-state index contributed by atoms with van der Waals surface area (Å²) in [5, 5.41) is 3.18. The van der Waals surface area contributed by atoms with Crippen molar-refractivity contribution in [2.45, 2.75) is 37.8 Å². The predicted molar refractivity (Wildman–Crippen MR) is 49.7 cm³/mol. The molecule has 4 heteroatoms. The zero-order valence-electron chi connectivity index (χ0n) is 8.29. The largest absolute Gasteiger partial charge is 0.468 e. The monoisotopic (exact) mass is 197 g/mol. The van der Waals surface area contributed by atoms with Crippen molar-refractivity contribution < 1.29 is 14.3 Å². The quantitative estimate of drug-likeness (QED) is 0.613. The van der Waals surface area contributed by atoms with Gasteiger partial charge in [0, 0.05) is 18.9 Å². The molecular formula is C10H15NO3. The number of carbonyl (C=O) groups is 2. The number of hydrogen-bond acceptors (Lipinski definition) is 4. The summed E-state index contributed by atoms with van der Waals surface area (Å²) >= 11 is 0. The fourth-order valence-corrected chi connectivity index (χ4v) is 2.47. The van der Waals surface area contributed by atoms with E-state index in [4.69, 9.17) is 0 Å². The van der Waals surface area contributed by atoms with Gasteiger partial charge in [-0.3, -0.25) is 9.59 Å². The van der Waals surface area contributed by atoms with Crippen molar-refractivity contribution in [3.63, 3.8) is 0 Å². The average molecular weight is 197 g/mol. The molecule has 78 valence electrons. The molecule has 0 aromatic rings. The first kappa shape index (κ1) is 9.65. The van der Waals surface area contributed by atoms with Crippen LogP contribution in [0.2, 0.25) is 0 Å². The van der Waals surface area contributed by atoms with E-state index >= 15 is 0 Å². The van der Waals surface area contributed by atoms with Crippen molar-refractivity contribution in [1.82, 2.24) is 5.32 Å². The third-order valence-electron chi connectivity index (χ3n) is 3.25. The molecular weight excluding hydrogens is 182 g/mol. The van der Waals surface area contributed by atoms with Crippen LogP contribution in [-0.2, 0) is 14.3 Å². The number of methoxy groups -OCH3 is 1. The van der Waals surface area contributed by atoms with E-state index in [0.29, 0.717) is 24.5 Å². The van der Waals surface area contributed by atoms with Gasteiger partial charge in [0.1, 0.15) is 11.8 Å². The van der Waals surface area contributed by atoms with Gasteiger partial charge in [0.2, 0.25) is 0 Å². The number of ether oxygens (including phenoxy) is 1. The predicted octanol–water partition coefficient (Wildman–Crippen LogP) is 0.259. The molecule has 1 aliphatic heterocycles. The molecule has 0 unspecified atom stereocenters. The molecule has 0 aromatic carbocycles. The van der Waals surface area contributed by atoms with E-state index in [1.807, 2.05) is 0 Å². The van der Waals surface area contributed by atoms with Gasteiger partial charge in [-0.25, -0.2) is 0 Å². The van der Waals surface area contributed by atoms with E-state index in [0.717, 1.165) is 12.8 Å². The van der Waals surface area contributed by atoms with Crippen LogP contribution in [0.3, 0.4) is 0 Å². The Morgan fingerprint density at radius 3 is 3.07 bits per heavy atom. The van der Waals surface area contributed by atoms with Gasteiger partial charge < -0.3 is 10.1 Å². The molecule has 0 amide bonds. The van der Waals surface area contributed by atoms with E-state index in [1.165, 1.54) is 7.11 Å². The Hall–Kier alpha value is -0.900.